The second-order valence-corrected chi connectivity index (χ2v) is 8.45. The first-order valence-electron chi connectivity index (χ1n) is 13.0. The molecule has 6 nitrogen and oxygen atoms in total. The highest BCUT2D eigenvalue weighted by atomic mass is 16.4. The molecule has 0 aliphatic carbocycles. The van der Waals surface area contributed by atoms with Gasteiger partial charge in [-0.15, -0.1) is 0 Å². The summed E-state index contributed by atoms with van der Waals surface area (Å²) in [4.78, 5) is 24.6. The van der Waals surface area contributed by atoms with Gasteiger partial charge >= 0.3 is 5.97 Å². The Kier molecular flexibility index (Phi) is 23.1. The molecule has 6 heteroatoms. The van der Waals surface area contributed by atoms with Crippen molar-refractivity contribution in [2.45, 2.75) is 96.8 Å². The molecule has 34 heavy (non-hydrogen) atoms. The minimum absolute atomic E-state index is 0.332. The van der Waals surface area contributed by atoms with Gasteiger partial charge in [-0.1, -0.05) is 88.6 Å². The molecule has 0 saturated heterocycles. The molecule has 0 radical (unpaired) electrons. The molecule has 1 heterocycles. The Morgan fingerprint density at radius 3 is 1.88 bits per heavy atom. The Balaban J connectivity index is 0.000000624. The summed E-state index contributed by atoms with van der Waals surface area (Å²) in [5, 5.41) is 11.4. The highest BCUT2D eigenvalue weighted by Gasteiger charge is 1.96. The fourth-order valence-electron chi connectivity index (χ4n) is 3.27. The molecule has 4 N–H and O–H groups in total. The lowest BCUT2D eigenvalue weighted by atomic mass is 10.1. The third kappa shape index (κ3) is 24.0. The van der Waals surface area contributed by atoms with Crippen LogP contribution >= 0.6 is 0 Å². The van der Waals surface area contributed by atoms with Gasteiger partial charge in [-0.3, -0.25) is 14.6 Å². The summed E-state index contributed by atoms with van der Waals surface area (Å²) in [6.07, 6.45) is 23.0. The van der Waals surface area contributed by atoms with Crippen LogP contribution in [0.2, 0.25) is 0 Å². The number of allylic oxidation sites excluding steroid dienone is 2. The molecule has 0 fully saturated rings. The molecule has 0 atom stereocenters. The summed E-state index contributed by atoms with van der Waals surface area (Å²) < 4.78 is 0. The first-order valence-corrected chi connectivity index (χ1v) is 13.0. The summed E-state index contributed by atoms with van der Waals surface area (Å²) in [5.74, 6) is -1.04. The molecule has 1 aromatic carbocycles. The lowest BCUT2D eigenvalue weighted by Crippen LogP contribution is -2.09. The zero-order chi connectivity index (χ0) is 25.1. The Morgan fingerprint density at radius 1 is 0.912 bits per heavy atom. The molecule has 1 amide bonds. The van der Waals surface area contributed by atoms with Crippen molar-refractivity contribution in [2.24, 2.45) is 10.7 Å². The molecule has 0 saturated carbocycles. The average Bonchev–Trinajstić information content (AvgIpc) is 3.43. The van der Waals surface area contributed by atoms with Crippen LogP contribution in [-0.2, 0) is 4.79 Å². The number of carboxylic acids is 1. The number of amides is 1. The number of nitrogens with one attached hydrogen (secondary N) is 1. The zero-order valence-electron chi connectivity index (χ0n) is 21.2. The van der Waals surface area contributed by atoms with Crippen LogP contribution in [0.4, 0.5) is 0 Å². The number of rotatable bonds is 16. The molecular formula is C28H47N3O3. The van der Waals surface area contributed by atoms with Crippen molar-refractivity contribution in [1.82, 2.24) is 5.32 Å². The molecule has 0 spiro atoms. The Hall–Kier alpha value is -2.63. The lowest BCUT2D eigenvalue weighted by molar-refractivity contribution is -0.137. The van der Waals surface area contributed by atoms with Crippen LogP contribution in [0.3, 0.4) is 0 Å². The predicted molar refractivity (Wildman–Crippen MR) is 143 cm³/mol. The maximum absolute atomic E-state index is 10.4. The van der Waals surface area contributed by atoms with Gasteiger partial charge < -0.3 is 16.2 Å². The number of carbonyl (C=O) groups is 2. The van der Waals surface area contributed by atoms with Gasteiger partial charge in [-0.05, 0) is 44.2 Å². The fraction of sp³-hybridized carbons (Fsp3) is 0.607. The van der Waals surface area contributed by atoms with Crippen LogP contribution in [0, 0.1) is 0 Å². The molecule has 0 unspecified atom stereocenters. The van der Waals surface area contributed by atoms with Gasteiger partial charge in [0.2, 0.25) is 5.91 Å². The van der Waals surface area contributed by atoms with Crippen molar-refractivity contribution in [3.8, 4) is 0 Å². The molecule has 2 rings (SSSR count). The first-order chi connectivity index (χ1) is 16.6. The van der Waals surface area contributed by atoms with Crippen LogP contribution in [-0.4, -0.2) is 36.4 Å². The van der Waals surface area contributed by atoms with E-state index in [0.717, 1.165) is 25.9 Å². The fourth-order valence-corrected chi connectivity index (χ4v) is 3.27. The van der Waals surface area contributed by atoms with Crippen LogP contribution in [0.25, 0.3) is 0 Å². The van der Waals surface area contributed by atoms with Crippen LogP contribution in [0.15, 0.2) is 47.5 Å². The van der Waals surface area contributed by atoms with Gasteiger partial charge in [0.05, 0.1) is 12.9 Å². The average molecular weight is 474 g/mol. The van der Waals surface area contributed by atoms with Gasteiger partial charge in [0.25, 0.3) is 0 Å². The normalized spacial score (nSPS) is 11.8. The van der Waals surface area contributed by atoms with Crippen LogP contribution in [0.5, 0.6) is 0 Å². The monoisotopic (exact) mass is 473 g/mol. The van der Waals surface area contributed by atoms with E-state index in [0.29, 0.717) is 12.0 Å². The number of benzene rings is 1. The van der Waals surface area contributed by atoms with E-state index in [9.17, 15) is 9.59 Å². The minimum atomic E-state index is -0.664. The number of hydrogen-bond donors (Lipinski definition) is 3. The van der Waals surface area contributed by atoms with Crippen molar-refractivity contribution in [1.29, 1.82) is 0 Å². The maximum Gasteiger partial charge on any atom is 0.303 e. The van der Waals surface area contributed by atoms with E-state index in [1.807, 2.05) is 6.07 Å². The number of primary amides is 1. The number of hydrogen-bond acceptors (Lipinski definition) is 4. The van der Waals surface area contributed by atoms with E-state index >= 15 is 0 Å². The van der Waals surface area contributed by atoms with E-state index < -0.39 is 5.97 Å². The predicted octanol–water partition coefficient (Wildman–Crippen LogP) is 6.51. The lowest BCUT2D eigenvalue weighted by Gasteiger charge is -1.99. The third-order valence-electron chi connectivity index (χ3n) is 5.28. The number of aliphatic carboxylic acids is 1. The molecule has 0 aromatic heterocycles. The SMILES string of the molecule is C1=NCCN1.CCCCCCCC/C=C\CCCCCCCC(=O)O.NC(=O)c1ccccc1. The maximum atomic E-state index is 10.4. The number of carbonyl (C=O) groups excluding carboxylic acids is 1. The standard InChI is InChI=1S/C18H34O2.C7H7NO.C3H6N2/c1-2-3-4-5-6-7-8-9-10-11-12-13-14-15-16-17-18(19)20;8-7(9)6-4-2-1-3-5-6;1-2-5-3-4-1/h9-10H,2-8,11-17H2,1H3,(H,19,20);1-5H,(H2,8,9);3H,1-2H2,(H,4,5)/b10-9-;;. The number of unbranched alkanes of at least 4 members (excludes halogenated alkanes) is 11. The summed E-state index contributed by atoms with van der Waals surface area (Å²) in [5.41, 5.74) is 5.53. The highest BCUT2D eigenvalue weighted by Crippen LogP contribution is 2.09. The summed E-state index contributed by atoms with van der Waals surface area (Å²) in [6.45, 7) is 4.24. The van der Waals surface area contributed by atoms with Gasteiger partial charge in [0.15, 0.2) is 0 Å². The summed E-state index contributed by atoms with van der Waals surface area (Å²) in [6, 6.07) is 8.76. The third-order valence-corrected chi connectivity index (χ3v) is 5.28. The molecule has 1 aliphatic heterocycles. The summed E-state index contributed by atoms with van der Waals surface area (Å²) >= 11 is 0. The smallest absolute Gasteiger partial charge is 0.303 e. The largest absolute Gasteiger partial charge is 0.481 e. The Bertz CT molecular complexity index is 654. The topological polar surface area (TPSA) is 105 Å². The van der Waals surface area contributed by atoms with Crippen molar-refractivity contribution in [3.63, 3.8) is 0 Å². The number of nitrogens with two attached hydrogens (primary N) is 1. The number of nitrogens with zero attached hydrogens (tertiary/aromatic N) is 1. The molecule has 1 aliphatic rings. The van der Waals surface area contributed by atoms with Crippen molar-refractivity contribution in [2.75, 3.05) is 13.1 Å². The van der Waals surface area contributed by atoms with Gasteiger partial charge in [-0.2, -0.15) is 0 Å². The molecule has 192 valence electrons. The van der Waals surface area contributed by atoms with E-state index in [1.165, 1.54) is 70.6 Å². The van der Waals surface area contributed by atoms with E-state index in [-0.39, 0.29) is 5.91 Å². The minimum Gasteiger partial charge on any atom is -0.481 e. The van der Waals surface area contributed by atoms with Gasteiger partial charge in [-0.25, -0.2) is 0 Å². The quantitative estimate of drug-likeness (QED) is 0.188. The van der Waals surface area contributed by atoms with Crippen molar-refractivity contribution >= 4 is 18.2 Å². The van der Waals surface area contributed by atoms with E-state index in [1.54, 1.807) is 30.6 Å². The number of carboxylic acid groups (broad SMARTS) is 1. The molecule has 1 aromatic rings. The summed E-state index contributed by atoms with van der Waals surface area (Å²) in [7, 11) is 0. The van der Waals surface area contributed by atoms with Gasteiger partial charge in [0, 0.05) is 18.5 Å². The second kappa shape index (κ2) is 25.0. The van der Waals surface area contributed by atoms with E-state index in [4.69, 9.17) is 10.8 Å². The Labute approximate surface area is 207 Å². The highest BCUT2D eigenvalue weighted by molar-refractivity contribution is 5.92. The van der Waals surface area contributed by atoms with Crippen LogP contribution < -0.4 is 11.1 Å². The van der Waals surface area contributed by atoms with E-state index in [2.05, 4.69) is 29.4 Å². The zero-order valence-corrected chi connectivity index (χ0v) is 21.2. The number of aliphatic imine (C=N–C) groups is 1. The van der Waals surface area contributed by atoms with Crippen molar-refractivity contribution in [3.05, 3.63) is 48.0 Å². The molecular weight excluding hydrogens is 426 g/mol. The Morgan fingerprint density at radius 2 is 1.47 bits per heavy atom. The second-order valence-electron chi connectivity index (χ2n) is 8.45. The first kappa shape index (κ1) is 31.4. The van der Waals surface area contributed by atoms with Gasteiger partial charge in [0.1, 0.15) is 0 Å². The van der Waals surface area contributed by atoms with Crippen LogP contribution in [0.1, 0.15) is 107 Å². The van der Waals surface area contributed by atoms with Crippen molar-refractivity contribution < 1.29 is 14.7 Å². The molecule has 0 bridgehead atoms.